The number of carbonyl (C=O) groups excluding carboxylic acids is 1. The standard InChI is InChI=1S/C12H13BrFNO2/c1-7-2-5-11(17-7)12(16)15-8-3-4-9(13)10(14)6-8/h3-4,6-7,11H,2,5H2,1H3,(H,15,16). The van der Waals surface area contributed by atoms with E-state index >= 15 is 0 Å². The summed E-state index contributed by atoms with van der Waals surface area (Å²) in [5, 5.41) is 2.65. The van der Waals surface area contributed by atoms with Crippen molar-refractivity contribution in [1.29, 1.82) is 0 Å². The lowest BCUT2D eigenvalue weighted by atomic mass is 10.2. The zero-order valence-corrected chi connectivity index (χ0v) is 11.0. The van der Waals surface area contributed by atoms with Crippen molar-refractivity contribution in [3.05, 3.63) is 28.5 Å². The van der Waals surface area contributed by atoms with Crippen LogP contribution >= 0.6 is 15.9 Å². The van der Waals surface area contributed by atoms with Gasteiger partial charge in [0.25, 0.3) is 5.91 Å². The first kappa shape index (κ1) is 12.5. The minimum absolute atomic E-state index is 0.118. The fourth-order valence-electron chi connectivity index (χ4n) is 1.79. The Morgan fingerprint density at radius 1 is 1.53 bits per heavy atom. The minimum atomic E-state index is -0.420. The number of nitrogens with one attached hydrogen (secondary N) is 1. The number of carbonyl (C=O) groups is 1. The number of hydrogen-bond acceptors (Lipinski definition) is 2. The van der Waals surface area contributed by atoms with E-state index in [4.69, 9.17) is 4.74 Å². The first-order valence-electron chi connectivity index (χ1n) is 5.47. The Hall–Kier alpha value is -0.940. The van der Waals surface area contributed by atoms with E-state index in [1.54, 1.807) is 12.1 Å². The van der Waals surface area contributed by atoms with Gasteiger partial charge in [0.2, 0.25) is 0 Å². The molecule has 2 rings (SSSR count). The van der Waals surface area contributed by atoms with Gasteiger partial charge in [-0.1, -0.05) is 0 Å². The van der Waals surface area contributed by atoms with Gasteiger partial charge in [-0.2, -0.15) is 0 Å². The van der Waals surface area contributed by atoms with Gasteiger partial charge in [-0.3, -0.25) is 4.79 Å². The monoisotopic (exact) mass is 301 g/mol. The van der Waals surface area contributed by atoms with Crippen LogP contribution in [0.25, 0.3) is 0 Å². The fraction of sp³-hybridized carbons (Fsp3) is 0.417. The molecule has 2 unspecified atom stereocenters. The predicted molar refractivity (Wildman–Crippen MR) is 66.3 cm³/mol. The van der Waals surface area contributed by atoms with Crippen molar-refractivity contribution in [2.45, 2.75) is 32.0 Å². The molecule has 2 atom stereocenters. The number of rotatable bonds is 2. The summed E-state index contributed by atoms with van der Waals surface area (Å²) in [5.41, 5.74) is 0.443. The third kappa shape index (κ3) is 3.04. The summed E-state index contributed by atoms with van der Waals surface area (Å²) in [7, 11) is 0. The van der Waals surface area contributed by atoms with Crippen molar-refractivity contribution in [3.63, 3.8) is 0 Å². The number of anilines is 1. The minimum Gasteiger partial charge on any atom is -0.365 e. The molecule has 1 aromatic rings. The van der Waals surface area contributed by atoms with Gasteiger partial charge in [0, 0.05) is 5.69 Å². The summed E-state index contributed by atoms with van der Waals surface area (Å²) < 4.78 is 19.0. The van der Waals surface area contributed by atoms with Gasteiger partial charge in [0.15, 0.2) is 0 Å². The molecule has 0 radical (unpaired) electrons. The van der Waals surface area contributed by atoms with E-state index in [1.807, 2.05) is 6.92 Å². The van der Waals surface area contributed by atoms with Gasteiger partial charge in [0.1, 0.15) is 11.9 Å². The highest BCUT2D eigenvalue weighted by molar-refractivity contribution is 9.10. The van der Waals surface area contributed by atoms with Gasteiger partial charge >= 0.3 is 0 Å². The predicted octanol–water partition coefficient (Wildman–Crippen LogP) is 3.09. The largest absolute Gasteiger partial charge is 0.365 e. The Balaban J connectivity index is 2.00. The van der Waals surface area contributed by atoms with Crippen molar-refractivity contribution in [2.24, 2.45) is 0 Å². The number of amides is 1. The van der Waals surface area contributed by atoms with Crippen LogP contribution in [0.1, 0.15) is 19.8 Å². The van der Waals surface area contributed by atoms with E-state index in [0.29, 0.717) is 16.6 Å². The number of ether oxygens (including phenoxy) is 1. The summed E-state index contributed by atoms with van der Waals surface area (Å²) in [4.78, 5) is 11.8. The molecular formula is C12H13BrFNO2. The zero-order valence-electron chi connectivity index (χ0n) is 9.37. The molecule has 0 bridgehead atoms. The molecular weight excluding hydrogens is 289 g/mol. The number of benzene rings is 1. The van der Waals surface area contributed by atoms with Gasteiger partial charge in [0.05, 0.1) is 10.6 Å². The third-order valence-electron chi connectivity index (χ3n) is 2.71. The van der Waals surface area contributed by atoms with Gasteiger partial charge in [-0.25, -0.2) is 4.39 Å². The molecule has 0 aromatic heterocycles. The molecule has 0 aliphatic carbocycles. The average molecular weight is 302 g/mol. The fourth-order valence-corrected chi connectivity index (χ4v) is 2.04. The van der Waals surface area contributed by atoms with Gasteiger partial charge in [-0.15, -0.1) is 0 Å². The SMILES string of the molecule is CC1CCC(C(=O)Nc2ccc(Br)c(F)c2)O1. The lowest BCUT2D eigenvalue weighted by Crippen LogP contribution is -2.27. The second kappa shape index (κ2) is 5.14. The Morgan fingerprint density at radius 3 is 2.88 bits per heavy atom. The van der Waals surface area contributed by atoms with Gasteiger partial charge in [-0.05, 0) is 53.9 Å². The molecule has 1 N–H and O–H groups in total. The summed E-state index contributed by atoms with van der Waals surface area (Å²) in [6, 6.07) is 4.48. The van der Waals surface area contributed by atoms with E-state index in [1.165, 1.54) is 6.07 Å². The average Bonchev–Trinajstić information content (AvgIpc) is 2.70. The third-order valence-corrected chi connectivity index (χ3v) is 3.35. The van der Waals surface area contributed by atoms with Crippen LogP contribution in [0.2, 0.25) is 0 Å². The van der Waals surface area contributed by atoms with Crippen LogP contribution in [-0.4, -0.2) is 18.1 Å². The molecule has 17 heavy (non-hydrogen) atoms. The van der Waals surface area contributed by atoms with Crippen LogP contribution in [0.5, 0.6) is 0 Å². The highest BCUT2D eigenvalue weighted by Gasteiger charge is 2.28. The van der Waals surface area contributed by atoms with E-state index in [2.05, 4.69) is 21.2 Å². The Kier molecular flexibility index (Phi) is 3.79. The molecule has 1 saturated heterocycles. The Bertz CT molecular complexity index is 439. The molecule has 1 heterocycles. The van der Waals surface area contributed by atoms with Crippen molar-refractivity contribution in [1.82, 2.24) is 0 Å². The Labute approximate surface area is 107 Å². The van der Waals surface area contributed by atoms with E-state index in [-0.39, 0.29) is 12.0 Å². The van der Waals surface area contributed by atoms with Crippen molar-refractivity contribution in [2.75, 3.05) is 5.32 Å². The lowest BCUT2D eigenvalue weighted by Gasteiger charge is -2.11. The van der Waals surface area contributed by atoms with Crippen molar-refractivity contribution >= 4 is 27.5 Å². The molecule has 92 valence electrons. The summed E-state index contributed by atoms with van der Waals surface area (Å²) >= 11 is 3.06. The second-order valence-corrected chi connectivity index (χ2v) is 4.99. The molecule has 1 fully saturated rings. The van der Waals surface area contributed by atoms with Crippen LogP contribution in [0, 0.1) is 5.82 Å². The van der Waals surface area contributed by atoms with Gasteiger partial charge < -0.3 is 10.1 Å². The Morgan fingerprint density at radius 2 is 2.29 bits per heavy atom. The van der Waals surface area contributed by atoms with Crippen LogP contribution in [-0.2, 0) is 9.53 Å². The molecule has 1 aromatic carbocycles. The second-order valence-electron chi connectivity index (χ2n) is 4.13. The van der Waals surface area contributed by atoms with E-state index in [0.717, 1.165) is 6.42 Å². The molecule has 3 nitrogen and oxygen atoms in total. The van der Waals surface area contributed by atoms with Crippen LogP contribution in [0.15, 0.2) is 22.7 Å². The maximum atomic E-state index is 13.2. The molecule has 1 amide bonds. The molecule has 1 aliphatic heterocycles. The highest BCUT2D eigenvalue weighted by atomic mass is 79.9. The maximum Gasteiger partial charge on any atom is 0.253 e. The summed E-state index contributed by atoms with van der Waals surface area (Å²) in [6.45, 7) is 1.94. The van der Waals surface area contributed by atoms with Crippen LogP contribution < -0.4 is 5.32 Å². The zero-order chi connectivity index (χ0) is 12.4. The molecule has 5 heteroatoms. The first-order chi connectivity index (χ1) is 8.06. The molecule has 0 spiro atoms. The van der Waals surface area contributed by atoms with E-state index in [9.17, 15) is 9.18 Å². The van der Waals surface area contributed by atoms with Crippen molar-refractivity contribution < 1.29 is 13.9 Å². The summed E-state index contributed by atoms with van der Waals surface area (Å²) in [6.07, 6.45) is 1.29. The first-order valence-corrected chi connectivity index (χ1v) is 6.27. The maximum absolute atomic E-state index is 13.2. The van der Waals surface area contributed by atoms with Crippen LogP contribution in [0.3, 0.4) is 0 Å². The molecule has 1 aliphatic rings. The lowest BCUT2D eigenvalue weighted by molar-refractivity contribution is -0.126. The smallest absolute Gasteiger partial charge is 0.253 e. The van der Waals surface area contributed by atoms with Crippen molar-refractivity contribution in [3.8, 4) is 0 Å². The van der Waals surface area contributed by atoms with Crippen LogP contribution in [0.4, 0.5) is 10.1 Å². The number of halogens is 2. The van der Waals surface area contributed by atoms with E-state index < -0.39 is 11.9 Å². The molecule has 0 saturated carbocycles. The number of hydrogen-bond donors (Lipinski definition) is 1. The quantitative estimate of drug-likeness (QED) is 0.911. The highest BCUT2D eigenvalue weighted by Crippen LogP contribution is 2.22. The normalized spacial score (nSPS) is 23.7. The topological polar surface area (TPSA) is 38.3 Å². The summed E-state index contributed by atoms with van der Waals surface area (Å²) in [5.74, 6) is -0.611.